The number of hydrogen-bond donors (Lipinski definition) is 4. The van der Waals surface area contributed by atoms with Gasteiger partial charge in [0.05, 0.1) is 12.3 Å². The van der Waals surface area contributed by atoms with Crippen LogP contribution in [0.5, 0.6) is 0 Å². The van der Waals surface area contributed by atoms with E-state index in [1.807, 2.05) is 0 Å². The fourth-order valence-corrected chi connectivity index (χ4v) is 0.760. The minimum Gasteiger partial charge on any atom is -0.316 e. The van der Waals surface area contributed by atoms with E-state index in [-0.39, 0.29) is 12.3 Å². The Morgan fingerprint density at radius 2 is 1.00 bits per heavy atom. The third kappa shape index (κ3) is 7.84. The maximum atomic E-state index is 5.32. The molecule has 0 aromatic rings. The Hall–Kier alpha value is -0.160. The van der Waals surface area contributed by atoms with Gasteiger partial charge in [0.2, 0.25) is 0 Å². The van der Waals surface area contributed by atoms with E-state index >= 15 is 0 Å². The second kappa shape index (κ2) is 5.61. The highest BCUT2D eigenvalue weighted by Gasteiger charge is 1.96. The van der Waals surface area contributed by atoms with Gasteiger partial charge in [-0.3, -0.25) is 0 Å². The lowest BCUT2D eigenvalue weighted by atomic mass is 10.1. The molecule has 62 valence electrons. The van der Waals surface area contributed by atoms with Crippen LogP contribution in [0.25, 0.3) is 0 Å². The second-order valence-electron chi connectivity index (χ2n) is 2.61. The topological polar surface area (TPSA) is 104 Å². The highest BCUT2D eigenvalue weighted by Crippen LogP contribution is 1.99. The van der Waals surface area contributed by atoms with Crippen molar-refractivity contribution in [1.29, 1.82) is 0 Å². The maximum absolute atomic E-state index is 5.32. The number of unbranched alkanes of at least 4 members (excludes halogenated alkanes) is 1. The summed E-state index contributed by atoms with van der Waals surface area (Å²) >= 11 is 0. The predicted molar refractivity (Wildman–Crippen MR) is 42.8 cm³/mol. The van der Waals surface area contributed by atoms with Gasteiger partial charge in [0, 0.05) is 0 Å². The Morgan fingerprint density at radius 3 is 1.20 bits per heavy atom. The SMILES string of the molecule is NC(N)CCCCC(N)N. The third-order valence-corrected chi connectivity index (χ3v) is 1.32. The molecule has 0 rings (SSSR count). The second-order valence-corrected chi connectivity index (χ2v) is 2.61. The molecule has 0 aliphatic rings. The van der Waals surface area contributed by atoms with Crippen LogP contribution >= 0.6 is 0 Å². The van der Waals surface area contributed by atoms with E-state index in [1.54, 1.807) is 0 Å². The van der Waals surface area contributed by atoms with Crippen molar-refractivity contribution in [3.63, 3.8) is 0 Å². The van der Waals surface area contributed by atoms with Gasteiger partial charge >= 0.3 is 0 Å². The summed E-state index contributed by atoms with van der Waals surface area (Å²) in [7, 11) is 0. The van der Waals surface area contributed by atoms with E-state index < -0.39 is 0 Å². The van der Waals surface area contributed by atoms with Crippen LogP contribution in [-0.4, -0.2) is 12.3 Å². The van der Waals surface area contributed by atoms with Crippen LogP contribution in [0.1, 0.15) is 25.7 Å². The van der Waals surface area contributed by atoms with Gasteiger partial charge in [0.25, 0.3) is 0 Å². The lowest BCUT2D eigenvalue weighted by molar-refractivity contribution is 0.528. The summed E-state index contributed by atoms with van der Waals surface area (Å²) < 4.78 is 0. The number of nitrogens with two attached hydrogens (primary N) is 4. The van der Waals surface area contributed by atoms with Gasteiger partial charge in [0.1, 0.15) is 0 Å². The van der Waals surface area contributed by atoms with E-state index in [9.17, 15) is 0 Å². The molecule has 0 amide bonds. The highest BCUT2D eigenvalue weighted by molar-refractivity contribution is 4.55. The molecule has 0 saturated heterocycles. The van der Waals surface area contributed by atoms with E-state index in [0.717, 1.165) is 25.7 Å². The molecule has 0 spiro atoms. The van der Waals surface area contributed by atoms with Gasteiger partial charge < -0.3 is 22.9 Å². The molecule has 0 radical (unpaired) electrons. The monoisotopic (exact) mass is 146 g/mol. The largest absolute Gasteiger partial charge is 0.316 e. The lowest BCUT2D eigenvalue weighted by Gasteiger charge is -2.06. The van der Waals surface area contributed by atoms with E-state index in [4.69, 9.17) is 22.9 Å². The summed E-state index contributed by atoms with van der Waals surface area (Å²) in [5.41, 5.74) is 21.3. The zero-order valence-electron chi connectivity index (χ0n) is 6.29. The summed E-state index contributed by atoms with van der Waals surface area (Å²) in [6.07, 6.45) is 3.37. The average molecular weight is 146 g/mol. The fraction of sp³-hybridized carbons (Fsp3) is 1.00. The molecular formula is C6H18N4. The van der Waals surface area contributed by atoms with Gasteiger partial charge in [-0.1, -0.05) is 12.8 Å². The molecule has 0 fully saturated rings. The van der Waals surface area contributed by atoms with Crippen LogP contribution in [0.15, 0.2) is 0 Å². The van der Waals surface area contributed by atoms with Crippen molar-refractivity contribution in [2.45, 2.75) is 38.0 Å². The first kappa shape index (κ1) is 9.84. The van der Waals surface area contributed by atoms with Crippen molar-refractivity contribution in [1.82, 2.24) is 0 Å². The average Bonchev–Trinajstić information content (AvgIpc) is 1.79. The Labute approximate surface area is 61.9 Å². The van der Waals surface area contributed by atoms with Gasteiger partial charge in [-0.15, -0.1) is 0 Å². The van der Waals surface area contributed by atoms with E-state index in [1.165, 1.54) is 0 Å². The van der Waals surface area contributed by atoms with Crippen LogP contribution in [0, 0.1) is 0 Å². The zero-order valence-corrected chi connectivity index (χ0v) is 6.29. The molecule has 0 saturated carbocycles. The normalized spacial score (nSPS) is 11.4. The predicted octanol–water partition coefficient (Wildman–Crippen LogP) is -0.966. The number of hydrogen-bond acceptors (Lipinski definition) is 4. The third-order valence-electron chi connectivity index (χ3n) is 1.32. The Morgan fingerprint density at radius 1 is 0.700 bits per heavy atom. The molecule has 0 unspecified atom stereocenters. The quantitative estimate of drug-likeness (QED) is 0.296. The molecule has 4 heteroatoms. The molecule has 0 bridgehead atoms. The smallest absolute Gasteiger partial charge is 0.0520 e. The molecular weight excluding hydrogens is 128 g/mol. The molecule has 0 aromatic heterocycles. The first-order valence-corrected chi connectivity index (χ1v) is 3.65. The number of rotatable bonds is 5. The van der Waals surface area contributed by atoms with Crippen LogP contribution in [0.3, 0.4) is 0 Å². The molecule has 0 aliphatic carbocycles. The lowest BCUT2D eigenvalue weighted by Crippen LogP contribution is -2.31. The van der Waals surface area contributed by atoms with E-state index in [0.29, 0.717) is 0 Å². The summed E-state index contributed by atoms with van der Waals surface area (Å²) in [4.78, 5) is 0. The van der Waals surface area contributed by atoms with Crippen molar-refractivity contribution in [2.75, 3.05) is 0 Å². The van der Waals surface area contributed by atoms with Crippen molar-refractivity contribution in [3.8, 4) is 0 Å². The molecule has 8 N–H and O–H groups in total. The van der Waals surface area contributed by atoms with Gasteiger partial charge in [-0.05, 0) is 12.8 Å². The van der Waals surface area contributed by atoms with E-state index in [2.05, 4.69) is 0 Å². The molecule has 0 aromatic carbocycles. The summed E-state index contributed by atoms with van der Waals surface area (Å²) in [5.74, 6) is 0. The molecule has 10 heavy (non-hydrogen) atoms. The molecule has 4 nitrogen and oxygen atoms in total. The molecule has 0 heterocycles. The standard InChI is InChI=1S/C6H18N4/c7-5(8)3-1-2-4-6(9)10/h5-6H,1-4,7-10H2. The Kier molecular flexibility index (Phi) is 5.52. The molecule has 0 atom stereocenters. The first-order chi connectivity index (χ1) is 4.63. The first-order valence-electron chi connectivity index (χ1n) is 3.65. The van der Waals surface area contributed by atoms with Crippen LogP contribution in [0.2, 0.25) is 0 Å². The maximum Gasteiger partial charge on any atom is 0.0520 e. The van der Waals surface area contributed by atoms with Crippen molar-refractivity contribution in [2.24, 2.45) is 22.9 Å². The van der Waals surface area contributed by atoms with Gasteiger partial charge in [-0.25, -0.2) is 0 Å². The Balaban J connectivity index is 2.91. The summed E-state index contributed by atoms with van der Waals surface area (Å²) in [6.45, 7) is 0. The summed E-state index contributed by atoms with van der Waals surface area (Å²) in [6, 6.07) is 0. The van der Waals surface area contributed by atoms with Gasteiger partial charge in [0.15, 0.2) is 0 Å². The van der Waals surface area contributed by atoms with Crippen molar-refractivity contribution >= 4 is 0 Å². The zero-order chi connectivity index (χ0) is 7.98. The van der Waals surface area contributed by atoms with Crippen LogP contribution in [-0.2, 0) is 0 Å². The van der Waals surface area contributed by atoms with Crippen LogP contribution in [0.4, 0.5) is 0 Å². The highest BCUT2D eigenvalue weighted by atomic mass is 14.8. The minimum atomic E-state index is -0.186. The molecule has 0 aliphatic heterocycles. The van der Waals surface area contributed by atoms with Gasteiger partial charge in [-0.2, -0.15) is 0 Å². The van der Waals surface area contributed by atoms with Crippen molar-refractivity contribution < 1.29 is 0 Å². The Bertz CT molecular complexity index is 62.1. The summed E-state index contributed by atoms with van der Waals surface area (Å²) in [5, 5.41) is 0. The fourth-order valence-electron chi connectivity index (χ4n) is 0.760. The van der Waals surface area contributed by atoms with Crippen LogP contribution < -0.4 is 22.9 Å². The van der Waals surface area contributed by atoms with Crippen molar-refractivity contribution in [3.05, 3.63) is 0 Å². The minimum absolute atomic E-state index is 0.186.